The van der Waals surface area contributed by atoms with E-state index in [-0.39, 0.29) is 11.6 Å². The summed E-state index contributed by atoms with van der Waals surface area (Å²) in [6.07, 6.45) is 2.09. The van der Waals surface area contributed by atoms with E-state index in [9.17, 15) is 4.79 Å². The normalized spacial score (nSPS) is 27.8. The number of hydrogen-bond acceptors (Lipinski definition) is 3. The van der Waals surface area contributed by atoms with E-state index in [2.05, 4.69) is 22.6 Å². The zero-order valence-electron chi connectivity index (χ0n) is 9.99. The van der Waals surface area contributed by atoms with E-state index in [1.165, 1.54) is 0 Å². The van der Waals surface area contributed by atoms with Crippen molar-refractivity contribution in [3.05, 3.63) is 29.8 Å². The van der Waals surface area contributed by atoms with Gasteiger partial charge in [-0.05, 0) is 31.5 Å². The van der Waals surface area contributed by atoms with Crippen molar-refractivity contribution in [3.63, 3.8) is 0 Å². The van der Waals surface area contributed by atoms with Crippen molar-refractivity contribution in [2.75, 3.05) is 25.0 Å². The summed E-state index contributed by atoms with van der Waals surface area (Å²) in [6, 6.07) is 7.79. The Hall–Kier alpha value is -1.55. The van der Waals surface area contributed by atoms with Gasteiger partial charge in [0.15, 0.2) is 0 Å². The number of benzene rings is 1. The van der Waals surface area contributed by atoms with Gasteiger partial charge in [-0.25, -0.2) is 0 Å². The molecule has 3 rings (SSSR count). The number of carbonyl (C=O) groups is 1. The summed E-state index contributed by atoms with van der Waals surface area (Å²) in [5.41, 5.74) is 1.55. The van der Waals surface area contributed by atoms with Gasteiger partial charge in [0.25, 0.3) is 5.91 Å². The molecule has 90 valence electrons. The van der Waals surface area contributed by atoms with Crippen molar-refractivity contribution >= 4 is 11.6 Å². The Morgan fingerprint density at radius 1 is 1.35 bits per heavy atom. The summed E-state index contributed by atoms with van der Waals surface area (Å²) >= 11 is 0. The molecule has 1 aromatic carbocycles. The second-order valence-corrected chi connectivity index (χ2v) is 4.84. The Morgan fingerprint density at radius 3 is 2.94 bits per heavy atom. The van der Waals surface area contributed by atoms with Gasteiger partial charge in [-0.15, -0.1) is 0 Å². The molecule has 0 saturated carbocycles. The minimum atomic E-state index is -0.246. The maximum atomic E-state index is 12.1. The number of anilines is 1. The third-order valence-corrected chi connectivity index (χ3v) is 3.86. The predicted molar refractivity (Wildman–Crippen MR) is 67.1 cm³/mol. The molecule has 1 spiro atoms. The Labute approximate surface area is 101 Å². The summed E-state index contributed by atoms with van der Waals surface area (Å²) in [5, 5.41) is 6.53. The average Bonchev–Trinajstić information content (AvgIpc) is 2.37. The summed E-state index contributed by atoms with van der Waals surface area (Å²) in [5.74, 6) is 0.0439. The Balaban J connectivity index is 2.05. The zero-order valence-corrected chi connectivity index (χ0v) is 9.99. The molecule has 2 N–H and O–H groups in total. The van der Waals surface area contributed by atoms with Crippen LogP contribution in [0.1, 0.15) is 23.2 Å². The highest BCUT2D eigenvalue weighted by Gasteiger charge is 2.42. The van der Waals surface area contributed by atoms with Gasteiger partial charge in [0.2, 0.25) is 0 Å². The minimum absolute atomic E-state index is 0.0439. The van der Waals surface area contributed by atoms with Gasteiger partial charge < -0.3 is 15.5 Å². The molecule has 2 heterocycles. The lowest BCUT2D eigenvalue weighted by Gasteiger charge is -2.49. The van der Waals surface area contributed by atoms with Gasteiger partial charge in [-0.2, -0.15) is 0 Å². The SMILES string of the molecule is CN1c2ccccc2C(=O)N[C@@]12CCCNC2. The highest BCUT2D eigenvalue weighted by Crippen LogP contribution is 2.33. The van der Waals surface area contributed by atoms with Crippen LogP contribution in [0.2, 0.25) is 0 Å². The highest BCUT2D eigenvalue weighted by atomic mass is 16.2. The smallest absolute Gasteiger partial charge is 0.255 e. The van der Waals surface area contributed by atoms with E-state index in [1.807, 2.05) is 24.3 Å². The number of rotatable bonds is 0. The molecule has 0 bridgehead atoms. The van der Waals surface area contributed by atoms with Crippen LogP contribution >= 0.6 is 0 Å². The van der Waals surface area contributed by atoms with E-state index in [4.69, 9.17) is 0 Å². The summed E-state index contributed by atoms with van der Waals surface area (Å²) in [4.78, 5) is 14.3. The molecule has 1 amide bonds. The molecule has 1 saturated heterocycles. The summed E-state index contributed by atoms with van der Waals surface area (Å²) in [6.45, 7) is 1.84. The van der Waals surface area contributed by atoms with Gasteiger partial charge in [-0.1, -0.05) is 12.1 Å². The van der Waals surface area contributed by atoms with Crippen LogP contribution in [0.15, 0.2) is 24.3 Å². The number of piperidine rings is 1. The molecule has 4 heteroatoms. The van der Waals surface area contributed by atoms with Crippen molar-refractivity contribution in [1.29, 1.82) is 0 Å². The molecule has 0 unspecified atom stereocenters. The minimum Gasteiger partial charge on any atom is -0.350 e. The van der Waals surface area contributed by atoms with E-state index < -0.39 is 0 Å². The standard InChI is InChI=1S/C13H17N3O/c1-16-11-6-3-2-5-10(11)12(17)15-13(16)7-4-8-14-9-13/h2-3,5-6,14H,4,7-9H2,1H3,(H,15,17)/t13-/m0/s1. The van der Waals surface area contributed by atoms with Crippen LogP contribution in [0.3, 0.4) is 0 Å². The molecule has 4 nitrogen and oxygen atoms in total. The molecule has 0 aliphatic carbocycles. The Bertz CT molecular complexity index is 452. The molecule has 1 fully saturated rings. The van der Waals surface area contributed by atoms with E-state index in [1.54, 1.807) is 0 Å². The van der Waals surface area contributed by atoms with Crippen LogP contribution < -0.4 is 15.5 Å². The first-order valence-corrected chi connectivity index (χ1v) is 6.09. The molecular weight excluding hydrogens is 214 g/mol. The molecule has 0 aromatic heterocycles. The first-order chi connectivity index (χ1) is 8.23. The van der Waals surface area contributed by atoms with Crippen molar-refractivity contribution < 1.29 is 4.79 Å². The molecule has 0 radical (unpaired) electrons. The number of hydrogen-bond donors (Lipinski definition) is 2. The Kier molecular flexibility index (Phi) is 2.33. The number of nitrogens with zero attached hydrogens (tertiary/aromatic N) is 1. The van der Waals surface area contributed by atoms with E-state index in [0.717, 1.165) is 37.2 Å². The fourth-order valence-corrected chi connectivity index (χ4v) is 2.83. The van der Waals surface area contributed by atoms with Crippen molar-refractivity contribution in [1.82, 2.24) is 10.6 Å². The number of carbonyl (C=O) groups excluding carboxylic acids is 1. The largest absolute Gasteiger partial charge is 0.350 e. The number of nitrogens with one attached hydrogen (secondary N) is 2. The zero-order chi connectivity index (χ0) is 11.9. The van der Waals surface area contributed by atoms with Crippen molar-refractivity contribution in [2.24, 2.45) is 0 Å². The fourth-order valence-electron chi connectivity index (χ4n) is 2.83. The number of fused-ring (bicyclic) bond motifs is 1. The first kappa shape index (κ1) is 10.6. The van der Waals surface area contributed by atoms with Crippen molar-refractivity contribution in [3.8, 4) is 0 Å². The van der Waals surface area contributed by atoms with Gasteiger partial charge in [0.05, 0.1) is 11.3 Å². The summed E-state index contributed by atoms with van der Waals surface area (Å²) in [7, 11) is 2.06. The average molecular weight is 231 g/mol. The topological polar surface area (TPSA) is 44.4 Å². The van der Waals surface area contributed by atoms with Crippen molar-refractivity contribution in [2.45, 2.75) is 18.5 Å². The lowest BCUT2D eigenvalue weighted by Crippen LogP contribution is -2.69. The Morgan fingerprint density at radius 2 is 2.18 bits per heavy atom. The van der Waals surface area contributed by atoms with Crippen LogP contribution in [0, 0.1) is 0 Å². The quantitative estimate of drug-likeness (QED) is 0.698. The number of para-hydroxylation sites is 1. The van der Waals surface area contributed by atoms with Crippen LogP contribution in [-0.2, 0) is 0 Å². The lowest BCUT2D eigenvalue weighted by molar-refractivity contribution is 0.0861. The monoisotopic (exact) mass is 231 g/mol. The van der Waals surface area contributed by atoms with Crippen LogP contribution in [-0.4, -0.2) is 31.7 Å². The lowest BCUT2D eigenvalue weighted by atomic mass is 9.93. The van der Waals surface area contributed by atoms with Gasteiger partial charge in [0, 0.05) is 13.6 Å². The maximum Gasteiger partial charge on any atom is 0.255 e. The molecule has 1 atom stereocenters. The van der Waals surface area contributed by atoms with E-state index in [0.29, 0.717) is 0 Å². The van der Waals surface area contributed by atoms with Crippen LogP contribution in [0.5, 0.6) is 0 Å². The van der Waals surface area contributed by atoms with Crippen LogP contribution in [0.25, 0.3) is 0 Å². The van der Waals surface area contributed by atoms with E-state index >= 15 is 0 Å². The van der Waals surface area contributed by atoms with Crippen LogP contribution in [0.4, 0.5) is 5.69 Å². The molecule has 2 aliphatic heterocycles. The van der Waals surface area contributed by atoms with Gasteiger partial charge in [0.1, 0.15) is 5.66 Å². The summed E-state index contributed by atoms with van der Waals surface area (Å²) < 4.78 is 0. The second kappa shape index (κ2) is 3.74. The highest BCUT2D eigenvalue weighted by molar-refractivity contribution is 6.02. The third kappa shape index (κ3) is 1.52. The predicted octanol–water partition coefficient (Wildman–Crippen LogP) is 0.946. The van der Waals surface area contributed by atoms with Gasteiger partial charge in [-0.3, -0.25) is 4.79 Å². The maximum absolute atomic E-state index is 12.1. The molecule has 17 heavy (non-hydrogen) atoms. The number of likely N-dealkylation sites (N-methyl/N-ethyl adjacent to an activating group) is 1. The molecule has 2 aliphatic rings. The third-order valence-electron chi connectivity index (χ3n) is 3.86. The fraction of sp³-hybridized carbons (Fsp3) is 0.462. The molecule has 1 aromatic rings. The van der Waals surface area contributed by atoms with Gasteiger partial charge >= 0.3 is 0 Å². The first-order valence-electron chi connectivity index (χ1n) is 6.09. The number of amides is 1. The second-order valence-electron chi connectivity index (χ2n) is 4.84. The molecular formula is C13H17N3O.